The minimum absolute atomic E-state index is 0.203. The van der Waals surface area contributed by atoms with Crippen molar-refractivity contribution in [1.29, 1.82) is 0 Å². The molecule has 0 aliphatic rings. The van der Waals surface area contributed by atoms with E-state index in [1.165, 1.54) is 0 Å². The molecule has 0 saturated heterocycles. The molecule has 1 N–H and O–H groups in total. The molecule has 0 spiro atoms. The SMILES string of the molecule is Cc1nn(C)c(C)c1OCCCCC(=O)O. The predicted molar refractivity (Wildman–Crippen MR) is 59.7 cm³/mol. The van der Waals surface area contributed by atoms with Crippen LogP contribution in [0.25, 0.3) is 0 Å². The monoisotopic (exact) mass is 226 g/mol. The van der Waals surface area contributed by atoms with Gasteiger partial charge in [0.25, 0.3) is 0 Å². The second kappa shape index (κ2) is 5.53. The summed E-state index contributed by atoms with van der Waals surface area (Å²) in [5.74, 6) is 0.0616. The third-order valence-electron chi connectivity index (χ3n) is 2.47. The van der Waals surface area contributed by atoms with Gasteiger partial charge in [0.15, 0.2) is 5.75 Å². The standard InChI is InChI=1S/C11H18N2O3/c1-8-11(9(2)13(3)12-8)16-7-5-4-6-10(14)15/h4-7H2,1-3H3,(H,14,15). The summed E-state index contributed by atoms with van der Waals surface area (Å²) in [6.07, 6.45) is 1.60. The number of hydrogen-bond acceptors (Lipinski definition) is 3. The molecule has 5 nitrogen and oxygen atoms in total. The van der Waals surface area contributed by atoms with E-state index in [-0.39, 0.29) is 6.42 Å². The van der Waals surface area contributed by atoms with Gasteiger partial charge in [-0.05, 0) is 26.7 Å². The highest BCUT2D eigenvalue weighted by molar-refractivity contribution is 5.66. The van der Waals surface area contributed by atoms with Crippen molar-refractivity contribution in [3.8, 4) is 5.75 Å². The smallest absolute Gasteiger partial charge is 0.303 e. The number of aryl methyl sites for hydroxylation is 2. The molecule has 1 heterocycles. The van der Waals surface area contributed by atoms with Crippen LogP contribution in [0, 0.1) is 13.8 Å². The maximum atomic E-state index is 10.3. The fraction of sp³-hybridized carbons (Fsp3) is 0.636. The van der Waals surface area contributed by atoms with Gasteiger partial charge in [0.2, 0.25) is 0 Å². The van der Waals surface area contributed by atoms with Gasteiger partial charge in [0.1, 0.15) is 5.69 Å². The lowest BCUT2D eigenvalue weighted by Crippen LogP contribution is -2.01. The zero-order valence-corrected chi connectivity index (χ0v) is 9.99. The quantitative estimate of drug-likeness (QED) is 0.749. The minimum atomic E-state index is -0.756. The number of aromatic nitrogens is 2. The average Bonchev–Trinajstić information content (AvgIpc) is 2.43. The molecular weight excluding hydrogens is 208 g/mol. The Hall–Kier alpha value is -1.52. The van der Waals surface area contributed by atoms with Crippen LogP contribution in [0.4, 0.5) is 0 Å². The molecule has 0 bridgehead atoms. The second-order valence-electron chi connectivity index (χ2n) is 3.82. The van der Waals surface area contributed by atoms with Crippen LogP contribution in [-0.4, -0.2) is 27.5 Å². The summed E-state index contributed by atoms with van der Waals surface area (Å²) in [6, 6.07) is 0. The topological polar surface area (TPSA) is 64.4 Å². The van der Waals surface area contributed by atoms with Crippen LogP contribution in [0.2, 0.25) is 0 Å². The van der Waals surface area contributed by atoms with E-state index in [1.54, 1.807) is 4.68 Å². The van der Waals surface area contributed by atoms with Crippen LogP contribution < -0.4 is 4.74 Å². The number of hydrogen-bond donors (Lipinski definition) is 1. The highest BCUT2D eigenvalue weighted by Crippen LogP contribution is 2.21. The first-order chi connectivity index (χ1) is 7.52. The van der Waals surface area contributed by atoms with Gasteiger partial charge in [-0.1, -0.05) is 0 Å². The zero-order chi connectivity index (χ0) is 12.1. The normalized spacial score (nSPS) is 10.4. The minimum Gasteiger partial charge on any atom is -0.490 e. The van der Waals surface area contributed by atoms with Crippen LogP contribution in [0.1, 0.15) is 30.7 Å². The summed E-state index contributed by atoms with van der Waals surface area (Å²) in [6.45, 7) is 4.40. The van der Waals surface area contributed by atoms with Crippen LogP contribution in [0.15, 0.2) is 0 Å². The Morgan fingerprint density at radius 2 is 2.12 bits per heavy atom. The Balaban J connectivity index is 2.34. The Kier molecular flexibility index (Phi) is 4.34. The molecule has 0 aromatic carbocycles. The number of aliphatic carboxylic acids is 1. The van der Waals surface area contributed by atoms with Gasteiger partial charge in [-0.15, -0.1) is 0 Å². The fourth-order valence-corrected chi connectivity index (χ4v) is 1.52. The number of carboxylic acids is 1. The van der Waals surface area contributed by atoms with E-state index in [0.717, 1.165) is 23.6 Å². The molecule has 0 aliphatic carbocycles. The summed E-state index contributed by atoms with van der Waals surface area (Å²) in [4.78, 5) is 10.3. The molecule has 1 aromatic rings. The van der Waals surface area contributed by atoms with Crippen molar-refractivity contribution in [2.45, 2.75) is 33.1 Å². The average molecular weight is 226 g/mol. The molecule has 0 atom stereocenters. The van der Waals surface area contributed by atoms with Crippen molar-refractivity contribution < 1.29 is 14.6 Å². The fourth-order valence-electron chi connectivity index (χ4n) is 1.52. The molecule has 0 radical (unpaired) electrons. The van der Waals surface area contributed by atoms with Crippen molar-refractivity contribution in [3.05, 3.63) is 11.4 Å². The van der Waals surface area contributed by atoms with Gasteiger partial charge < -0.3 is 9.84 Å². The van der Waals surface area contributed by atoms with Crippen molar-refractivity contribution in [2.24, 2.45) is 7.05 Å². The summed E-state index contributed by atoms with van der Waals surface area (Å²) in [7, 11) is 1.87. The summed E-state index contributed by atoms with van der Waals surface area (Å²) in [5, 5.41) is 12.7. The van der Waals surface area contributed by atoms with Gasteiger partial charge >= 0.3 is 5.97 Å². The molecule has 0 saturated carbocycles. The first-order valence-corrected chi connectivity index (χ1v) is 5.37. The number of unbranched alkanes of at least 4 members (excludes halogenated alkanes) is 1. The van der Waals surface area contributed by atoms with Gasteiger partial charge in [-0.2, -0.15) is 5.10 Å². The predicted octanol–water partition coefficient (Wildman–Crippen LogP) is 1.67. The first kappa shape index (κ1) is 12.5. The number of nitrogens with zero attached hydrogens (tertiary/aromatic N) is 2. The third-order valence-corrected chi connectivity index (χ3v) is 2.47. The van der Waals surface area contributed by atoms with E-state index < -0.39 is 5.97 Å². The number of ether oxygens (including phenoxy) is 1. The van der Waals surface area contributed by atoms with E-state index in [0.29, 0.717) is 13.0 Å². The first-order valence-electron chi connectivity index (χ1n) is 5.37. The van der Waals surface area contributed by atoms with Gasteiger partial charge in [-0.3, -0.25) is 9.48 Å². The lowest BCUT2D eigenvalue weighted by molar-refractivity contribution is -0.137. The van der Waals surface area contributed by atoms with Crippen molar-refractivity contribution in [3.63, 3.8) is 0 Å². The molecule has 16 heavy (non-hydrogen) atoms. The number of carbonyl (C=O) groups is 1. The number of carboxylic acid groups (broad SMARTS) is 1. The van der Waals surface area contributed by atoms with Gasteiger partial charge in [-0.25, -0.2) is 0 Å². The Morgan fingerprint density at radius 3 is 2.62 bits per heavy atom. The highest BCUT2D eigenvalue weighted by Gasteiger charge is 2.09. The van der Waals surface area contributed by atoms with E-state index >= 15 is 0 Å². The summed E-state index contributed by atoms with van der Waals surface area (Å²) in [5.41, 5.74) is 1.87. The van der Waals surface area contributed by atoms with Crippen molar-refractivity contribution in [2.75, 3.05) is 6.61 Å². The van der Waals surface area contributed by atoms with E-state index in [4.69, 9.17) is 9.84 Å². The largest absolute Gasteiger partial charge is 0.490 e. The molecule has 0 fully saturated rings. The van der Waals surface area contributed by atoms with E-state index in [1.807, 2.05) is 20.9 Å². The van der Waals surface area contributed by atoms with Gasteiger partial charge in [0.05, 0.1) is 12.3 Å². The van der Waals surface area contributed by atoms with E-state index in [2.05, 4.69) is 5.10 Å². The van der Waals surface area contributed by atoms with Crippen molar-refractivity contribution in [1.82, 2.24) is 9.78 Å². The second-order valence-corrected chi connectivity index (χ2v) is 3.82. The molecule has 5 heteroatoms. The maximum absolute atomic E-state index is 10.3. The Bertz CT molecular complexity index is 372. The molecule has 0 aliphatic heterocycles. The lowest BCUT2D eigenvalue weighted by atomic mass is 10.2. The van der Waals surface area contributed by atoms with Gasteiger partial charge in [0, 0.05) is 13.5 Å². The highest BCUT2D eigenvalue weighted by atomic mass is 16.5. The maximum Gasteiger partial charge on any atom is 0.303 e. The molecule has 0 unspecified atom stereocenters. The van der Waals surface area contributed by atoms with Crippen LogP contribution in [0.3, 0.4) is 0 Å². The summed E-state index contributed by atoms with van der Waals surface area (Å²) < 4.78 is 7.37. The lowest BCUT2D eigenvalue weighted by Gasteiger charge is -2.05. The zero-order valence-electron chi connectivity index (χ0n) is 9.99. The molecule has 0 amide bonds. The van der Waals surface area contributed by atoms with E-state index in [9.17, 15) is 4.79 Å². The summed E-state index contributed by atoms with van der Waals surface area (Å²) >= 11 is 0. The molecule has 1 rings (SSSR count). The number of rotatable bonds is 6. The molecular formula is C11H18N2O3. The van der Waals surface area contributed by atoms with Crippen molar-refractivity contribution >= 4 is 5.97 Å². The Labute approximate surface area is 95.0 Å². The molecule has 1 aromatic heterocycles. The van der Waals surface area contributed by atoms with Crippen LogP contribution in [-0.2, 0) is 11.8 Å². The molecule has 90 valence electrons. The third kappa shape index (κ3) is 3.25. The Morgan fingerprint density at radius 1 is 1.44 bits per heavy atom. The van der Waals surface area contributed by atoms with Crippen LogP contribution >= 0.6 is 0 Å². The van der Waals surface area contributed by atoms with Crippen LogP contribution in [0.5, 0.6) is 5.75 Å².